The first-order chi connectivity index (χ1) is 11.2. The molecule has 1 aromatic rings. The highest BCUT2D eigenvalue weighted by Crippen LogP contribution is 2.35. The first-order valence-corrected chi connectivity index (χ1v) is 8.86. The van der Waals surface area contributed by atoms with E-state index in [0.29, 0.717) is 18.4 Å². The van der Waals surface area contributed by atoms with Crippen molar-refractivity contribution in [1.82, 2.24) is 10.2 Å². The van der Waals surface area contributed by atoms with Crippen LogP contribution in [0.1, 0.15) is 30.8 Å². The number of nitrogens with one attached hydrogen (secondary N) is 1. The van der Waals surface area contributed by atoms with Crippen molar-refractivity contribution >= 4 is 5.91 Å². The van der Waals surface area contributed by atoms with Crippen molar-refractivity contribution in [3.8, 4) is 0 Å². The van der Waals surface area contributed by atoms with E-state index in [4.69, 9.17) is 9.15 Å². The van der Waals surface area contributed by atoms with Gasteiger partial charge in [0.1, 0.15) is 11.5 Å². The Bertz CT molecular complexity index is 566. The van der Waals surface area contributed by atoms with Gasteiger partial charge in [-0.3, -0.25) is 9.69 Å². The van der Waals surface area contributed by atoms with Crippen LogP contribution < -0.4 is 5.32 Å². The number of likely N-dealkylation sites (tertiary alicyclic amines) is 1. The molecule has 1 aliphatic carbocycles. The zero-order chi connectivity index (χ0) is 15.8. The Morgan fingerprint density at radius 1 is 1.35 bits per heavy atom. The number of nitrogens with zero attached hydrogens (tertiary/aromatic N) is 1. The summed E-state index contributed by atoms with van der Waals surface area (Å²) >= 11 is 0. The Labute approximate surface area is 137 Å². The number of carbonyl (C=O) groups excluding carboxylic acids is 1. The van der Waals surface area contributed by atoms with Crippen LogP contribution >= 0.6 is 0 Å². The fraction of sp³-hybridized carbons (Fsp3) is 0.722. The Kier molecular flexibility index (Phi) is 4.16. The zero-order valence-corrected chi connectivity index (χ0v) is 13.8. The molecule has 23 heavy (non-hydrogen) atoms. The normalized spacial score (nSPS) is 31.1. The van der Waals surface area contributed by atoms with E-state index in [1.165, 1.54) is 6.42 Å². The third kappa shape index (κ3) is 3.45. The highest BCUT2D eigenvalue weighted by Gasteiger charge is 2.41. The van der Waals surface area contributed by atoms with E-state index in [2.05, 4.69) is 16.3 Å². The minimum atomic E-state index is 0.170. The second kappa shape index (κ2) is 6.29. The van der Waals surface area contributed by atoms with Crippen LogP contribution in [-0.2, 0) is 16.1 Å². The van der Waals surface area contributed by atoms with Gasteiger partial charge in [-0.2, -0.15) is 0 Å². The quantitative estimate of drug-likeness (QED) is 0.901. The van der Waals surface area contributed by atoms with Crippen molar-refractivity contribution in [2.75, 3.05) is 26.2 Å². The van der Waals surface area contributed by atoms with Gasteiger partial charge in [0.2, 0.25) is 5.91 Å². The maximum atomic E-state index is 11.8. The van der Waals surface area contributed by atoms with E-state index in [1.54, 1.807) is 0 Å². The van der Waals surface area contributed by atoms with Crippen LogP contribution in [0.3, 0.4) is 0 Å². The molecule has 5 nitrogen and oxygen atoms in total. The molecular formula is C18H26N2O3. The molecule has 2 saturated heterocycles. The number of hydrogen-bond acceptors (Lipinski definition) is 4. The Balaban J connectivity index is 1.32. The second-order valence-electron chi connectivity index (χ2n) is 7.35. The van der Waals surface area contributed by atoms with Crippen molar-refractivity contribution in [1.29, 1.82) is 0 Å². The monoisotopic (exact) mass is 318 g/mol. The number of hydrogen-bond donors (Lipinski definition) is 1. The average Bonchev–Trinajstić information content (AvgIpc) is 3.21. The molecular weight excluding hydrogens is 292 g/mol. The van der Waals surface area contributed by atoms with Crippen molar-refractivity contribution in [3.63, 3.8) is 0 Å². The fourth-order valence-electron chi connectivity index (χ4n) is 3.94. The molecule has 1 saturated carbocycles. The summed E-state index contributed by atoms with van der Waals surface area (Å²) in [5, 5.41) is 3.09. The van der Waals surface area contributed by atoms with Gasteiger partial charge in [-0.05, 0) is 50.8 Å². The molecule has 3 heterocycles. The van der Waals surface area contributed by atoms with Crippen molar-refractivity contribution in [3.05, 3.63) is 23.7 Å². The van der Waals surface area contributed by atoms with Gasteiger partial charge in [0.25, 0.3) is 0 Å². The Morgan fingerprint density at radius 2 is 2.22 bits per heavy atom. The van der Waals surface area contributed by atoms with E-state index in [1.807, 2.05) is 13.0 Å². The predicted octanol–water partition coefficient (Wildman–Crippen LogP) is 1.95. The van der Waals surface area contributed by atoms with E-state index in [9.17, 15) is 4.79 Å². The summed E-state index contributed by atoms with van der Waals surface area (Å²) in [7, 11) is 0. The van der Waals surface area contributed by atoms with Crippen molar-refractivity contribution in [2.24, 2.45) is 17.8 Å². The summed E-state index contributed by atoms with van der Waals surface area (Å²) in [5.74, 6) is 3.68. The molecule has 3 fully saturated rings. The summed E-state index contributed by atoms with van der Waals surface area (Å²) in [6.07, 6.45) is 3.46. The maximum Gasteiger partial charge on any atom is 0.223 e. The van der Waals surface area contributed by atoms with Crippen LogP contribution in [0.2, 0.25) is 0 Å². The molecule has 0 spiro atoms. The lowest BCUT2D eigenvalue weighted by Crippen LogP contribution is -2.45. The van der Waals surface area contributed by atoms with Crippen LogP contribution in [0.15, 0.2) is 16.5 Å². The standard InChI is InChI=1S/C18H26N2O3/c1-12-2-5-15(23-12)9-20-7-6-14-11-22-17(16(14)10-20)8-19-18(21)13-3-4-13/h2,5,13-14,16-17H,3-4,6-11H2,1H3,(H,19,21)/t14-,16-,17+/m0/s1. The van der Waals surface area contributed by atoms with E-state index >= 15 is 0 Å². The van der Waals surface area contributed by atoms with Crippen LogP contribution in [0.4, 0.5) is 0 Å². The highest BCUT2D eigenvalue weighted by atomic mass is 16.5. The van der Waals surface area contributed by atoms with Gasteiger partial charge in [0.05, 0.1) is 19.3 Å². The Hall–Kier alpha value is -1.33. The largest absolute Gasteiger partial charge is 0.465 e. The summed E-state index contributed by atoms with van der Waals surface area (Å²) in [6, 6.07) is 4.09. The van der Waals surface area contributed by atoms with Crippen LogP contribution in [0, 0.1) is 24.7 Å². The lowest BCUT2D eigenvalue weighted by Gasteiger charge is -2.35. The third-order valence-corrected chi connectivity index (χ3v) is 5.49. The predicted molar refractivity (Wildman–Crippen MR) is 85.8 cm³/mol. The zero-order valence-electron chi connectivity index (χ0n) is 13.8. The molecule has 0 aromatic carbocycles. The lowest BCUT2D eigenvalue weighted by molar-refractivity contribution is -0.122. The van der Waals surface area contributed by atoms with Gasteiger partial charge in [0, 0.05) is 24.9 Å². The van der Waals surface area contributed by atoms with Crippen LogP contribution in [-0.4, -0.2) is 43.2 Å². The summed E-state index contributed by atoms with van der Waals surface area (Å²) < 4.78 is 11.7. The van der Waals surface area contributed by atoms with Gasteiger partial charge in [-0.1, -0.05) is 0 Å². The van der Waals surface area contributed by atoms with Gasteiger partial charge in [0.15, 0.2) is 0 Å². The number of amides is 1. The molecule has 1 amide bonds. The smallest absolute Gasteiger partial charge is 0.223 e. The Morgan fingerprint density at radius 3 is 2.96 bits per heavy atom. The van der Waals surface area contributed by atoms with Crippen LogP contribution in [0.25, 0.3) is 0 Å². The number of ether oxygens (including phenoxy) is 1. The number of piperidine rings is 1. The van der Waals surface area contributed by atoms with Crippen molar-refractivity contribution in [2.45, 2.75) is 38.8 Å². The molecule has 1 N–H and O–H groups in total. The first-order valence-electron chi connectivity index (χ1n) is 8.86. The molecule has 3 atom stereocenters. The number of aryl methyl sites for hydroxylation is 1. The van der Waals surface area contributed by atoms with E-state index in [-0.39, 0.29) is 17.9 Å². The minimum Gasteiger partial charge on any atom is -0.465 e. The van der Waals surface area contributed by atoms with Gasteiger partial charge < -0.3 is 14.5 Å². The average molecular weight is 318 g/mol. The third-order valence-electron chi connectivity index (χ3n) is 5.49. The SMILES string of the molecule is Cc1ccc(CN2CC[C@H]3CO[C@H](CNC(=O)C4CC4)[C@H]3C2)o1. The highest BCUT2D eigenvalue weighted by molar-refractivity contribution is 5.80. The molecule has 3 aliphatic rings. The number of fused-ring (bicyclic) bond motifs is 1. The molecule has 126 valence electrons. The second-order valence-corrected chi connectivity index (χ2v) is 7.35. The van der Waals surface area contributed by atoms with E-state index < -0.39 is 0 Å². The molecule has 2 aliphatic heterocycles. The number of furan rings is 1. The lowest BCUT2D eigenvalue weighted by atomic mass is 9.84. The van der Waals surface area contributed by atoms with Gasteiger partial charge >= 0.3 is 0 Å². The molecule has 1 aromatic heterocycles. The minimum absolute atomic E-state index is 0.170. The van der Waals surface area contributed by atoms with E-state index in [0.717, 1.165) is 50.6 Å². The summed E-state index contributed by atoms with van der Waals surface area (Å²) in [4.78, 5) is 14.3. The molecule has 5 heteroatoms. The maximum absolute atomic E-state index is 11.8. The summed E-state index contributed by atoms with van der Waals surface area (Å²) in [6.45, 7) is 6.52. The van der Waals surface area contributed by atoms with Gasteiger partial charge in [-0.25, -0.2) is 0 Å². The number of rotatable bonds is 5. The molecule has 0 unspecified atom stereocenters. The number of carbonyl (C=O) groups is 1. The molecule has 0 bridgehead atoms. The topological polar surface area (TPSA) is 54.7 Å². The first kappa shape index (κ1) is 15.2. The molecule has 4 rings (SSSR count). The summed E-state index contributed by atoms with van der Waals surface area (Å²) in [5.41, 5.74) is 0. The molecule has 0 radical (unpaired) electrons. The fourth-order valence-corrected chi connectivity index (χ4v) is 3.94. The van der Waals surface area contributed by atoms with Gasteiger partial charge in [-0.15, -0.1) is 0 Å². The van der Waals surface area contributed by atoms with Crippen molar-refractivity contribution < 1.29 is 13.9 Å². The van der Waals surface area contributed by atoms with Crippen LogP contribution in [0.5, 0.6) is 0 Å².